The van der Waals surface area contributed by atoms with Gasteiger partial charge in [-0.05, 0) is 32.8 Å². The Morgan fingerprint density at radius 3 is 2.67 bits per heavy atom. The first-order chi connectivity index (χ1) is 11.5. The Labute approximate surface area is 141 Å². The van der Waals surface area contributed by atoms with Crippen LogP contribution >= 0.6 is 0 Å². The van der Waals surface area contributed by atoms with Crippen molar-refractivity contribution in [3.63, 3.8) is 0 Å². The summed E-state index contributed by atoms with van der Waals surface area (Å²) in [4.78, 5) is 31.2. The summed E-state index contributed by atoms with van der Waals surface area (Å²) in [6.45, 7) is 7.01. The highest BCUT2D eigenvalue weighted by Gasteiger charge is 2.24. The van der Waals surface area contributed by atoms with Crippen molar-refractivity contribution in [2.75, 3.05) is 18.4 Å². The number of piperidine rings is 1. The molecular formula is C17H22N6O. The number of nitrogens with one attached hydrogen (secondary N) is 1. The minimum absolute atomic E-state index is 0.116. The molecule has 1 atom stereocenters. The van der Waals surface area contributed by atoms with Gasteiger partial charge in [-0.2, -0.15) is 0 Å². The van der Waals surface area contributed by atoms with Gasteiger partial charge in [0, 0.05) is 43.5 Å². The van der Waals surface area contributed by atoms with Crippen LogP contribution in [0.4, 0.5) is 11.8 Å². The average molecular weight is 326 g/mol. The molecule has 2 aromatic heterocycles. The molecule has 0 radical (unpaired) electrons. The van der Waals surface area contributed by atoms with E-state index in [4.69, 9.17) is 0 Å². The van der Waals surface area contributed by atoms with Crippen LogP contribution in [-0.4, -0.2) is 43.8 Å². The Morgan fingerprint density at radius 1 is 1.21 bits per heavy atom. The lowest BCUT2D eigenvalue weighted by molar-refractivity contribution is -0.130. The van der Waals surface area contributed by atoms with Gasteiger partial charge in [-0.1, -0.05) is 0 Å². The van der Waals surface area contributed by atoms with E-state index in [-0.39, 0.29) is 11.8 Å². The Morgan fingerprint density at radius 2 is 1.96 bits per heavy atom. The predicted molar refractivity (Wildman–Crippen MR) is 91.0 cm³/mol. The molecule has 1 saturated heterocycles. The molecule has 7 heteroatoms. The van der Waals surface area contributed by atoms with Gasteiger partial charge in [-0.25, -0.2) is 15.0 Å². The summed E-state index contributed by atoms with van der Waals surface area (Å²) in [6, 6.07) is 1.92. The Kier molecular flexibility index (Phi) is 4.69. The first-order valence-electron chi connectivity index (χ1n) is 8.18. The second-order valence-electron chi connectivity index (χ2n) is 6.23. The number of carbonyl (C=O) groups excluding carboxylic acids is 1. The summed E-state index contributed by atoms with van der Waals surface area (Å²) < 4.78 is 0. The molecule has 0 spiro atoms. The Balaban J connectivity index is 1.77. The van der Waals surface area contributed by atoms with Crippen LogP contribution in [0.2, 0.25) is 0 Å². The van der Waals surface area contributed by atoms with Gasteiger partial charge in [0.05, 0.1) is 11.9 Å². The van der Waals surface area contributed by atoms with Gasteiger partial charge in [0.25, 0.3) is 0 Å². The van der Waals surface area contributed by atoms with Crippen LogP contribution in [0.3, 0.4) is 0 Å². The monoisotopic (exact) mass is 326 g/mol. The van der Waals surface area contributed by atoms with E-state index in [1.54, 1.807) is 19.3 Å². The van der Waals surface area contributed by atoms with Crippen molar-refractivity contribution < 1.29 is 4.79 Å². The van der Waals surface area contributed by atoms with Gasteiger partial charge < -0.3 is 10.2 Å². The predicted octanol–water partition coefficient (Wildman–Crippen LogP) is 2.35. The SMILES string of the molecule is CC(=O)N1CCC[C@H](c2cncc(Nc3nc(C)cc(C)n3)n2)C1. The first-order valence-corrected chi connectivity index (χ1v) is 8.18. The summed E-state index contributed by atoms with van der Waals surface area (Å²) in [7, 11) is 0. The molecule has 3 heterocycles. The normalized spacial score (nSPS) is 17.6. The summed E-state index contributed by atoms with van der Waals surface area (Å²) in [6.07, 6.45) is 5.45. The van der Waals surface area contributed by atoms with Crippen LogP contribution in [0.15, 0.2) is 18.5 Å². The topological polar surface area (TPSA) is 83.9 Å². The fourth-order valence-electron chi connectivity index (χ4n) is 3.04. The number of hydrogen-bond donors (Lipinski definition) is 1. The lowest BCUT2D eigenvalue weighted by Crippen LogP contribution is -2.37. The van der Waals surface area contributed by atoms with E-state index in [0.29, 0.717) is 18.3 Å². The molecule has 7 nitrogen and oxygen atoms in total. The summed E-state index contributed by atoms with van der Waals surface area (Å²) >= 11 is 0. The van der Waals surface area contributed by atoms with Crippen molar-refractivity contribution in [3.05, 3.63) is 35.5 Å². The van der Waals surface area contributed by atoms with E-state index >= 15 is 0 Å². The molecule has 0 saturated carbocycles. The van der Waals surface area contributed by atoms with Gasteiger partial charge >= 0.3 is 0 Å². The van der Waals surface area contributed by atoms with Crippen molar-refractivity contribution in [1.82, 2.24) is 24.8 Å². The molecule has 0 unspecified atom stereocenters. The lowest BCUT2D eigenvalue weighted by atomic mass is 9.95. The number of aromatic nitrogens is 4. The van der Waals surface area contributed by atoms with E-state index in [1.165, 1.54) is 0 Å². The zero-order valence-corrected chi connectivity index (χ0v) is 14.3. The highest BCUT2D eigenvalue weighted by Crippen LogP contribution is 2.26. The number of likely N-dealkylation sites (tertiary alicyclic amines) is 1. The lowest BCUT2D eigenvalue weighted by Gasteiger charge is -2.31. The molecule has 24 heavy (non-hydrogen) atoms. The first kappa shape index (κ1) is 16.3. The molecule has 0 aromatic carbocycles. The maximum Gasteiger partial charge on any atom is 0.228 e. The number of carbonyl (C=O) groups is 1. The molecule has 1 aliphatic heterocycles. The van der Waals surface area contributed by atoms with Crippen LogP contribution in [0.25, 0.3) is 0 Å². The number of aryl methyl sites for hydroxylation is 2. The third kappa shape index (κ3) is 3.84. The smallest absolute Gasteiger partial charge is 0.228 e. The molecule has 2 aromatic rings. The van der Waals surface area contributed by atoms with Crippen molar-refractivity contribution in [2.45, 2.75) is 39.5 Å². The number of nitrogens with zero attached hydrogens (tertiary/aromatic N) is 5. The second kappa shape index (κ2) is 6.90. The molecular weight excluding hydrogens is 304 g/mol. The van der Waals surface area contributed by atoms with Crippen molar-refractivity contribution in [3.8, 4) is 0 Å². The highest BCUT2D eigenvalue weighted by molar-refractivity contribution is 5.73. The molecule has 1 aliphatic rings. The largest absolute Gasteiger partial charge is 0.342 e. The second-order valence-corrected chi connectivity index (χ2v) is 6.23. The fraction of sp³-hybridized carbons (Fsp3) is 0.471. The van der Waals surface area contributed by atoms with Crippen LogP contribution in [0.1, 0.15) is 42.8 Å². The molecule has 1 fully saturated rings. The van der Waals surface area contributed by atoms with Crippen LogP contribution < -0.4 is 5.32 Å². The third-order valence-corrected chi connectivity index (χ3v) is 4.16. The molecule has 0 bridgehead atoms. The number of hydrogen-bond acceptors (Lipinski definition) is 6. The Hall–Kier alpha value is -2.57. The number of amides is 1. The van der Waals surface area contributed by atoms with Crippen molar-refractivity contribution >= 4 is 17.7 Å². The molecule has 3 rings (SSSR count). The summed E-state index contributed by atoms with van der Waals surface area (Å²) in [5.74, 6) is 1.48. The summed E-state index contributed by atoms with van der Waals surface area (Å²) in [5.41, 5.74) is 2.70. The molecule has 0 aliphatic carbocycles. The average Bonchev–Trinajstić information content (AvgIpc) is 2.54. The molecule has 1 amide bonds. The van der Waals surface area contributed by atoms with E-state index in [9.17, 15) is 4.79 Å². The van der Waals surface area contributed by atoms with Gasteiger partial charge in [0.15, 0.2) is 5.82 Å². The fourth-order valence-corrected chi connectivity index (χ4v) is 3.04. The summed E-state index contributed by atoms with van der Waals surface area (Å²) in [5, 5.41) is 3.12. The minimum Gasteiger partial charge on any atom is -0.342 e. The van der Waals surface area contributed by atoms with E-state index in [2.05, 4.69) is 25.3 Å². The molecule has 126 valence electrons. The number of anilines is 2. The maximum absolute atomic E-state index is 11.6. The van der Waals surface area contributed by atoms with Gasteiger partial charge in [-0.15, -0.1) is 0 Å². The van der Waals surface area contributed by atoms with Gasteiger partial charge in [-0.3, -0.25) is 9.78 Å². The van der Waals surface area contributed by atoms with E-state index < -0.39 is 0 Å². The highest BCUT2D eigenvalue weighted by atomic mass is 16.2. The zero-order valence-electron chi connectivity index (χ0n) is 14.3. The third-order valence-electron chi connectivity index (χ3n) is 4.16. The van der Waals surface area contributed by atoms with Crippen LogP contribution in [-0.2, 0) is 4.79 Å². The van der Waals surface area contributed by atoms with E-state index in [0.717, 1.165) is 36.5 Å². The number of rotatable bonds is 3. The zero-order chi connectivity index (χ0) is 17.1. The van der Waals surface area contributed by atoms with Crippen molar-refractivity contribution in [2.24, 2.45) is 0 Å². The standard InChI is InChI=1S/C17H22N6O/c1-11-7-12(2)20-17(19-11)22-16-9-18-8-15(21-16)14-5-4-6-23(10-14)13(3)24/h7-9,14H,4-6,10H2,1-3H3,(H,19,20,21,22)/t14-/m0/s1. The van der Waals surface area contributed by atoms with Gasteiger partial charge in [0.1, 0.15) is 0 Å². The van der Waals surface area contributed by atoms with Crippen LogP contribution in [0, 0.1) is 13.8 Å². The maximum atomic E-state index is 11.6. The van der Waals surface area contributed by atoms with Gasteiger partial charge in [0.2, 0.25) is 11.9 Å². The Bertz CT molecular complexity index is 727. The van der Waals surface area contributed by atoms with Crippen LogP contribution in [0.5, 0.6) is 0 Å². The molecule has 1 N–H and O–H groups in total. The van der Waals surface area contributed by atoms with E-state index in [1.807, 2.05) is 24.8 Å². The van der Waals surface area contributed by atoms with Crippen molar-refractivity contribution in [1.29, 1.82) is 0 Å². The quantitative estimate of drug-likeness (QED) is 0.932. The minimum atomic E-state index is 0.116.